The normalized spacial score (nSPS) is 22.8. The lowest BCUT2D eigenvalue weighted by Crippen LogP contribution is -2.50. The maximum atomic E-state index is 12.9. The summed E-state index contributed by atoms with van der Waals surface area (Å²) in [4.78, 5) is 19.9. The number of carbonyl (C=O) groups excluding carboxylic acids is 1. The predicted octanol–water partition coefficient (Wildman–Crippen LogP) is 2.28. The molecule has 1 amide bonds. The molecule has 3 heterocycles. The van der Waals surface area contributed by atoms with Crippen LogP contribution < -0.4 is 0 Å². The summed E-state index contributed by atoms with van der Waals surface area (Å²) >= 11 is 0. The first-order valence-electron chi connectivity index (χ1n) is 9.85. The third kappa shape index (κ3) is 3.64. The smallest absolute Gasteiger partial charge is 0.254 e. The number of amides is 1. The zero-order valence-corrected chi connectivity index (χ0v) is 16.0. The molecule has 2 aliphatic rings. The minimum atomic E-state index is 0.171. The zero-order valence-electron chi connectivity index (χ0n) is 16.0. The molecule has 26 heavy (non-hydrogen) atoms. The van der Waals surface area contributed by atoms with Crippen LogP contribution in [-0.2, 0) is 7.05 Å². The minimum Gasteiger partial charge on any atom is -0.351 e. The van der Waals surface area contributed by atoms with Crippen molar-refractivity contribution in [2.45, 2.75) is 12.8 Å². The van der Waals surface area contributed by atoms with Crippen molar-refractivity contribution in [2.75, 3.05) is 52.9 Å². The van der Waals surface area contributed by atoms with Crippen molar-refractivity contribution in [3.8, 4) is 0 Å². The second-order valence-corrected chi connectivity index (χ2v) is 8.06. The van der Waals surface area contributed by atoms with Crippen LogP contribution in [0.1, 0.15) is 23.2 Å². The lowest BCUT2D eigenvalue weighted by atomic mass is 9.97. The van der Waals surface area contributed by atoms with Gasteiger partial charge in [0.1, 0.15) is 0 Å². The highest BCUT2D eigenvalue weighted by molar-refractivity contribution is 5.98. The quantitative estimate of drug-likeness (QED) is 0.848. The van der Waals surface area contributed by atoms with Crippen LogP contribution in [0.3, 0.4) is 0 Å². The lowest BCUT2D eigenvalue weighted by Gasteiger charge is -2.38. The molecule has 2 aliphatic heterocycles. The van der Waals surface area contributed by atoms with Crippen LogP contribution in [-0.4, -0.2) is 78.0 Å². The first-order valence-corrected chi connectivity index (χ1v) is 9.85. The number of fused-ring (bicyclic) bond motifs is 1. The molecule has 0 N–H and O–H groups in total. The first-order chi connectivity index (χ1) is 12.6. The molecule has 5 nitrogen and oxygen atoms in total. The van der Waals surface area contributed by atoms with Crippen molar-refractivity contribution in [1.29, 1.82) is 0 Å². The molecule has 2 fully saturated rings. The van der Waals surface area contributed by atoms with Crippen molar-refractivity contribution in [3.63, 3.8) is 0 Å². The summed E-state index contributed by atoms with van der Waals surface area (Å²) in [5.41, 5.74) is 1.93. The lowest BCUT2D eigenvalue weighted by molar-refractivity contribution is 0.0588. The van der Waals surface area contributed by atoms with E-state index in [0.717, 1.165) is 43.2 Å². The van der Waals surface area contributed by atoms with E-state index in [1.165, 1.54) is 37.9 Å². The van der Waals surface area contributed by atoms with E-state index in [-0.39, 0.29) is 5.91 Å². The van der Waals surface area contributed by atoms with E-state index < -0.39 is 0 Å². The Bertz CT molecular complexity index is 775. The van der Waals surface area contributed by atoms with Gasteiger partial charge < -0.3 is 14.4 Å². The molecule has 0 spiro atoms. The fourth-order valence-electron chi connectivity index (χ4n) is 4.50. The van der Waals surface area contributed by atoms with E-state index in [9.17, 15) is 4.79 Å². The summed E-state index contributed by atoms with van der Waals surface area (Å²) in [6.45, 7) is 7.32. The Morgan fingerprint density at radius 1 is 1.08 bits per heavy atom. The Morgan fingerprint density at radius 3 is 2.65 bits per heavy atom. The van der Waals surface area contributed by atoms with Gasteiger partial charge in [-0.2, -0.15) is 0 Å². The van der Waals surface area contributed by atoms with Gasteiger partial charge in [0.2, 0.25) is 0 Å². The molecule has 0 aliphatic carbocycles. The van der Waals surface area contributed by atoms with Gasteiger partial charge in [0.25, 0.3) is 5.91 Å². The van der Waals surface area contributed by atoms with E-state index in [1.54, 1.807) is 0 Å². The number of aryl methyl sites for hydroxylation is 1. The van der Waals surface area contributed by atoms with E-state index in [0.29, 0.717) is 0 Å². The number of rotatable bonds is 3. The second kappa shape index (κ2) is 7.41. The highest BCUT2D eigenvalue weighted by atomic mass is 16.2. The van der Waals surface area contributed by atoms with Crippen molar-refractivity contribution >= 4 is 16.8 Å². The van der Waals surface area contributed by atoms with Gasteiger partial charge in [-0.05, 0) is 55.9 Å². The number of benzene rings is 1. The molecule has 0 radical (unpaired) electrons. The summed E-state index contributed by atoms with van der Waals surface area (Å²) in [6.07, 6.45) is 4.71. The van der Waals surface area contributed by atoms with Crippen LogP contribution in [0, 0.1) is 5.92 Å². The molecule has 5 heteroatoms. The van der Waals surface area contributed by atoms with Crippen LogP contribution in [0.15, 0.2) is 30.5 Å². The van der Waals surface area contributed by atoms with Gasteiger partial charge in [-0.1, -0.05) is 6.07 Å². The number of hydrogen-bond acceptors (Lipinski definition) is 3. The molecule has 0 bridgehead atoms. The molecule has 1 atom stereocenters. The maximum Gasteiger partial charge on any atom is 0.254 e. The third-order valence-corrected chi connectivity index (χ3v) is 6.03. The average molecular weight is 354 g/mol. The number of nitrogens with zero attached hydrogens (tertiary/aromatic N) is 4. The van der Waals surface area contributed by atoms with Gasteiger partial charge in [-0.25, -0.2) is 0 Å². The molecule has 1 aromatic heterocycles. The van der Waals surface area contributed by atoms with Crippen LogP contribution in [0.25, 0.3) is 10.9 Å². The minimum absolute atomic E-state index is 0.171. The molecule has 140 valence electrons. The standard InChI is InChI=1S/C21H30N4O/c1-22-8-3-4-17(15-22)16-24-10-12-25(13-11-24)21(26)19-6-5-18-7-9-23(2)20(18)14-19/h5-7,9,14,17H,3-4,8,10-13,15-16H2,1-2H3/t17-/m1/s1. The van der Waals surface area contributed by atoms with Crippen LogP contribution in [0.2, 0.25) is 0 Å². The summed E-state index contributed by atoms with van der Waals surface area (Å²) < 4.78 is 2.07. The molecule has 1 aromatic carbocycles. The van der Waals surface area contributed by atoms with Gasteiger partial charge in [-0.3, -0.25) is 9.69 Å². The van der Waals surface area contributed by atoms with E-state index in [1.807, 2.05) is 30.3 Å². The van der Waals surface area contributed by atoms with Crippen LogP contribution in [0.5, 0.6) is 0 Å². The molecular formula is C21H30N4O. The van der Waals surface area contributed by atoms with Crippen molar-refractivity contribution < 1.29 is 4.79 Å². The molecule has 4 rings (SSSR count). The Kier molecular flexibility index (Phi) is 5.00. The fourth-order valence-corrected chi connectivity index (χ4v) is 4.50. The molecule has 0 saturated carbocycles. The number of carbonyl (C=O) groups is 1. The summed E-state index contributed by atoms with van der Waals surface area (Å²) in [5, 5.41) is 1.19. The van der Waals surface area contributed by atoms with Crippen LogP contribution >= 0.6 is 0 Å². The number of piperazine rings is 1. The van der Waals surface area contributed by atoms with E-state index >= 15 is 0 Å². The Morgan fingerprint density at radius 2 is 1.88 bits per heavy atom. The zero-order chi connectivity index (χ0) is 18.1. The monoisotopic (exact) mass is 354 g/mol. The predicted molar refractivity (Wildman–Crippen MR) is 105 cm³/mol. The summed E-state index contributed by atoms with van der Waals surface area (Å²) in [5.74, 6) is 0.959. The molecule has 2 aromatic rings. The molecule has 0 unspecified atom stereocenters. The van der Waals surface area contributed by atoms with Crippen LogP contribution in [0.4, 0.5) is 0 Å². The fraction of sp³-hybridized carbons (Fsp3) is 0.571. The largest absolute Gasteiger partial charge is 0.351 e. The topological polar surface area (TPSA) is 31.7 Å². The van der Waals surface area contributed by atoms with Crippen molar-refractivity contribution in [3.05, 3.63) is 36.0 Å². The Hall–Kier alpha value is -1.85. The number of piperidine rings is 1. The Labute approximate surface area is 156 Å². The van der Waals surface area contributed by atoms with E-state index in [2.05, 4.69) is 33.5 Å². The molecular weight excluding hydrogens is 324 g/mol. The summed E-state index contributed by atoms with van der Waals surface area (Å²) in [6, 6.07) is 8.14. The van der Waals surface area contributed by atoms with Gasteiger partial charge >= 0.3 is 0 Å². The van der Waals surface area contributed by atoms with Crippen molar-refractivity contribution in [1.82, 2.24) is 19.3 Å². The SMILES string of the molecule is CN1CCC[C@@H](CN2CCN(C(=O)c3ccc4ccn(C)c4c3)CC2)C1. The van der Waals surface area contributed by atoms with Crippen molar-refractivity contribution in [2.24, 2.45) is 13.0 Å². The number of hydrogen-bond donors (Lipinski definition) is 0. The average Bonchev–Trinajstić information content (AvgIpc) is 3.02. The van der Waals surface area contributed by atoms with Gasteiger partial charge in [-0.15, -0.1) is 0 Å². The van der Waals surface area contributed by atoms with Gasteiger partial charge in [0.15, 0.2) is 0 Å². The van der Waals surface area contributed by atoms with E-state index in [4.69, 9.17) is 0 Å². The number of likely N-dealkylation sites (tertiary alicyclic amines) is 1. The maximum absolute atomic E-state index is 12.9. The number of aromatic nitrogens is 1. The first kappa shape index (κ1) is 17.6. The third-order valence-electron chi connectivity index (χ3n) is 6.03. The highest BCUT2D eigenvalue weighted by Crippen LogP contribution is 2.20. The van der Waals surface area contributed by atoms with Gasteiger partial charge in [0.05, 0.1) is 0 Å². The highest BCUT2D eigenvalue weighted by Gasteiger charge is 2.25. The summed E-state index contributed by atoms with van der Waals surface area (Å²) in [7, 11) is 4.25. The van der Waals surface area contributed by atoms with Gasteiger partial charge in [0, 0.05) is 63.6 Å². The Balaban J connectivity index is 1.34. The molecule has 2 saturated heterocycles. The second-order valence-electron chi connectivity index (χ2n) is 8.06.